The molecule has 1 saturated carbocycles. The Morgan fingerprint density at radius 3 is 2.91 bits per heavy atom. The molecule has 0 aromatic carbocycles. The maximum Gasteiger partial charge on any atom is 0.0608 e. The van der Waals surface area contributed by atoms with E-state index in [1.807, 2.05) is 6.08 Å². The number of rotatable bonds is 2. The van der Waals surface area contributed by atoms with Gasteiger partial charge in [-0.1, -0.05) is 18.2 Å². The smallest absolute Gasteiger partial charge is 0.0608 e. The van der Waals surface area contributed by atoms with Crippen LogP contribution in [0.25, 0.3) is 0 Å². The molecule has 0 unspecified atom stereocenters. The van der Waals surface area contributed by atoms with Gasteiger partial charge in [0.15, 0.2) is 0 Å². The van der Waals surface area contributed by atoms with E-state index in [0.29, 0.717) is 5.92 Å². The second kappa shape index (κ2) is 3.72. The van der Waals surface area contributed by atoms with Gasteiger partial charge in [-0.3, -0.25) is 0 Å². The van der Waals surface area contributed by atoms with E-state index in [4.69, 9.17) is 0 Å². The quantitative estimate of drug-likeness (QED) is 0.602. The summed E-state index contributed by atoms with van der Waals surface area (Å²) in [6.45, 7) is 7.55. The average Bonchev–Trinajstić information content (AvgIpc) is 1.95. The molecular weight excluding hydrogens is 136 g/mol. The number of hydrogen-bond donors (Lipinski definition) is 1. The van der Waals surface area contributed by atoms with Gasteiger partial charge in [-0.25, -0.2) is 0 Å². The summed E-state index contributed by atoms with van der Waals surface area (Å²) in [4.78, 5) is 0. The van der Waals surface area contributed by atoms with Crippen LogP contribution in [-0.4, -0.2) is 11.2 Å². The average molecular weight is 152 g/mol. The molecule has 0 saturated heterocycles. The van der Waals surface area contributed by atoms with E-state index >= 15 is 0 Å². The molecule has 1 aliphatic rings. The Morgan fingerprint density at radius 2 is 2.36 bits per heavy atom. The molecule has 11 heavy (non-hydrogen) atoms. The minimum absolute atomic E-state index is 0.172. The van der Waals surface area contributed by atoms with Gasteiger partial charge in [-0.15, -0.1) is 6.58 Å². The normalized spacial score (nSPS) is 31.9. The molecule has 62 valence electrons. The summed E-state index contributed by atoms with van der Waals surface area (Å²) in [6, 6.07) is 0. The molecule has 0 heterocycles. The summed E-state index contributed by atoms with van der Waals surface area (Å²) in [7, 11) is 0. The van der Waals surface area contributed by atoms with Gasteiger partial charge in [-0.05, 0) is 31.6 Å². The van der Waals surface area contributed by atoms with Crippen LogP contribution < -0.4 is 0 Å². The predicted octanol–water partition coefficient (Wildman–Crippen LogP) is 2.28. The molecule has 0 bridgehead atoms. The van der Waals surface area contributed by atoms with Crippen molar-refractivity contribution in [2.75, 3.05) is 0 Å². The number of aliphatic hydroxyl groups is 1. The third-order valence-electron chi connectivity index (χ3n) is 2.38. The highest BCUT2D eigenvalue weighted by Crippen LogP contribution is 2.29. The van der Waals surface area contributed by atoms with E-state index < -0.39 is 0 Å². The summed E-state index contributed by atoms with van der Waals surface area (Å²) in [5, 5.41) is 9.56. The zero-order chi connectivity index (χ0) is 8.27. The third-order valence-corrected chi connectivity index (χ3v) is 2.38. The van der Waals surface area contributed by atoms with Crippen LogP contribution in [0.15, 0.2) is 24.8 Å². The molecule has 1 heteroatoms. The fraction of sp³-hybridized carbons (Fsp3) is 0.600. The molecule has 0 aromatic heterocycles. The van der Waals surface area contributed by atoms with Crippen molar-refractivity contribution in [3.8, 4) is 0 Å². The van der Waals surface area contributed by atoms with Gasteiger partial charge in [0.25, 0.3) is 0 Å². The van der Waals surface area contributed by atoms with E-state index in [1.165, 1.54) is 5.57 Å². The summed E-state index contributed by atoms with van der Waals surface area (Å²) in [6.07, 6.45) is 5.60. The van der Waals surface area contributed by atoms with Gasteiger partial charge in [0.2, 0.25) is 0 Å². The zero-order valence-electron chi connectivity index (χ0n) is 6.92. The van der Waals surface area contributed by atoms with Crippen molar-refractivity contribution in [3.63, 3.8) is 0 Å². The summed E-state index contributed by atoms with van der Waals surface area (Å²) in [5.74, 6) is 0.429. The van der Waals surface area contributed by atoms with Gasteiger partial charge in [-0.2, -0.15) is 0 Å². The summed E-state index contributed by atoms with van der Waals surface area (Å²) < 4.78 is 0. The highest BCUT2D eigenvalue weighted by atomic mass is 16.3. The number of hydrogen-bond acceptors (Lipinski definition) is 1. The molecular formula is C10H16O. The van der Waals surface area contributed by atoms with Crippen LogP contribution in [0.5, 0.6) is 0 Å². The molecule has 1 nitrogen and oxygen atoms in total. The highest BCUT2D eigenvalue weighted by molar-refractivity contribution is 5.02. The standard InChI is InChI=1S/C10H16O/c1-3-4-9-6-5-8(2)7-10(9)11/h3,9-11H,1-2,4-7H2/t9-,10+/m1/s1. The lowest BCUT2D eigenvalue weighted by atomic mass is 9.82. The Hall–Kier alpha value is -0.560. The monoisotopic (exact) mass is 152 g/mol. The third kappa shape index (κ3) is 2.19. The molecule has 1 N–H and O–H groups in total. The fourth-order valence-corrected chi connectivity index (χ4v) is 1.64. The maximum absolute atomic E-state index is 9.56. The van der Waals surface area contributed by atoms with Gasteiger partial charge in [0, 0.05) is 0 Å². The van der Waals surface area contributed by atoms with Crippen molar-refractivity contribution < 1.29 is 5.11 Å². The molecule has 1 rings (SSSR count). The topological polar surface area (TPSA) is 20.2 Å². The first-order valence-electron chi connectivity index (χ1n) is 4.19. The SMILES string of the molecule is C=CC[C@@H]1CCC(=C)C[C@@H]1O. The first kappa shape index (κ1) is 8.54. The molecule has 0 radical (unpaired) electrons. The predicted molar refractivity (Wildman–Crippen MR) is 47.3 cm³/mol. The largest absolute Gasteiger partial charge is 0.392 e. The Labute approximate surface area is 68.4 Å². The zero-order valence-corrected chi connectivity index (χ0v) is 6.92. The number of aliphatic hydroxyl groups excluding tert-OH is 1. The van der Waals surface area contributed by atoms with E-state index in [2.05, 4.69) is 13.2 Å². The highest BCUT2D eigenvalue weighted by Gasteiger charge is 2.23. The van der Waals surface area contributed by atoms with Crippen LogP contribution in [-0.2, 0) is 0 Å². The first-order chi connectivity index (χ1) is 5.24. The van der Waals surface area contributed by atoms with Crippen molar-refractivity contribution in [1.29, 1.82) is 0 Å². The van der Waals surface area contributed by atoms with Crippen LogP contribution in [0.3, 0.4) is 0 Å². The van der Waals surface area contributed by atoms with E-state index in [1.54, 1.807) is 0 Å². The van der Waals surface area contributed by atoms with E-state index in [-0.39, 0.29) is 6.10 Å². The minimum atomic E-state index is -0.172. The van der Waals surface area contributed by atoms with E-state index in [9.17, 15) is 5.11 Å². The molecule has 0 spiro atoms. The van der Waals surface area contributed by atoms with Crippen molar-refractivity contribution in [3.05, 3.63) is 24.8 Å². The maximum atomic E-state index is 9.56. The lowest BCUT2D eigenvalue weighted by Gasteiger charge is -2.27. The van der Waals surface area contributed by atoms with Crippen molar-refractivity contribution >= 4 is 0 Å². The van der Waals surface area contributed by atoms with Gasteiger partial charge in [0.05, 0.1) is 6.10 Å². The van der Waals surface area contributed by atoms with Crippen LogP contribution in [0.4, 0.5) is 0 Å². The first-order valence-corrected chi connectivity index (χ1v) is 4.19. The molecule has 0 aliphatic heterocycles. The van der Waals surface area contributed by atoms with Crippen molar-refractivity contribution in [2.45, 2.75) is 31.8 Å². The van der Waals surface area contributed by atoms with E-state index in [0.717, 1.165) is 25.7 Å². The molecule has 2 atom stereocenters. The molecule has 1 fully saturated rings. The molecule has 1 aliphatic carbocycles. The van der Waals surface area contributed by atoms with Crippen molar-refractivity contribution in [2.24, 2.45) is 5.92 Å². The van der Waals surface area contributed by atoms with Gasteiger partial charge >= 0.3 is 0 Å². The van der Waals surface area contributed by atoms with Crippen LogP contribution in [0, 0.1) is 5.92 Å². The minimum Gasteiger partial charge on any atom is -0.392 e. The van der Waals surface area contributed by atoms with Gasteiger partial charge < -0.3 is 5.11 Å². The Bertz CT molecular complexity index is 160. The lowest BCUT2D eigenvalue weighted by molar-refractivity contribution is 0.0899. The van der Waals surface area contributed by atoms with Crippen LogP contribution in [0.1, 0.15) is 25.7 Å². The summed E-state index contributed by atoms with van der Waals surface area (Å²) in [5.41, 5.74) is 1.19. The second-order valence-corrected chi connectivity index (χ2v) is 3.34. The Morgan fingerprint density at radius 1 is 1.64 bits per heavy atom. The number of allylic oxidation sites excluding steroid dienone is 1. The Balaban J connectivity index is 2.43. The molecule has 0 amide bonds. The Kier molecular flexibility index (Phi) is 2.89. The second-order valence-electron chi connectivity index (χ2n) is 3.34. The summed E-state index contributed by atoms with van der Waals surface area (Å²) >= 11 is 0. The van der Waals surface area contributed by atoms with Crippen LogP contribution in [0.2, 0.25) is 0 Å². The lowest BCUT2D eigenvalue weighted by Crippen LogP contribution is -2.24. The van der Waals surface area contributed by atoms with Crippen LogP contribution >= 0.6 is 0 Å². The fourth-order valence-electron chi connectivity index (χ4n) is 1.64. The molecule has 0 aromatic rings. The van der Waals surface area contributed by atoms with Crippen molar-refractivity contribution in [1.82, 2.24) is 0 Å². The van der Waals surface area contributed by atoms with Gasteiger partial charge in [0.1, 0.15) is 0 Å².